The number of halogens is 1. The number of allylic oxidation sites excluding steroid dienone is 1. The first kappa shape index (κ1) is 12.8. The third kappa shape index (κ3) is 1.75. The van der Waals surface area contributed by atoms with Crippen LogP contribution in [0.15, 0.2) is 34.8 Å². The first-order valence-electron chi connectivity index (χ1n) is 5.37. The average Bonchev–Trinajstić information content (AvgIpc) is 2.52. The lowest BCUT2D eigenvalue weighted by Gasteiger charge is -2.22. The van der Waals surface area contributed by atoms with E-state index in [4.69, 9.17) is 0 Å². The molecular formula is C13H12BrNO3. The average molecular weight is 310 g/mol. The van der Waals surface area contributed by atoms with Gasteiger partial charge in [0.2, 0.25) is 5.91 Å². The Hall–Kier alpha value is -1.62. The molecule has 1 aromatic rings. The van der Waals surface area contributed by atoms with Crippen LogP contribution in [0.25, 0.3) is 0 Å². The number of carboxylic acids is 1. The molecular weight excluding hydrogens is 298 g/mol. The van der Waals surface area contributed by atoms with Crippen molar-refractivity contribution in [2.75, 3.05) is 5.32 Å². The summed E-state index contributed by atoms with van der Waals surface area (Å²) in [5, 5.41) is 12.1. The Kier molecular flexibility index (Phi) is 3.02. The summed E-state index contributed by atoms with van der Waals surface area (Å²) in [4.78, 5) is 23.7. The Morgan fingerprint density at radius 3 is 2.78 bits per heavy atom. The van der Waals surface area contributed by atoms with Crippen molar-refractivity contribution in [2.24, 2.45) is 0 Å². The highest BCUT2D eigenvalue weighted by molar-refractivity contribution is 9.10. The molecule has 1 atom stereocenters. The van der Waals surface area contributed by atoms with Gasteiger partial charge in [0.15, 0.2) is 5.41 Å². The monoisotopic (exact) mass is 309 g/mol. The van der Waals surface area contributed by atoms with Gasteiger partial charge in [-0.05, 0) is 31.5 Å². The van der Waals surface area contributed by atoms with Crippen LogP contribution in [0.2, 0.25) is 0 Å². The van der Waals surface area contributed by atoms with E-state index in [-0.39, 0.29) is 6.42 Å². The van der Waals surface area contributed by atoms with Crippen LogP contribution in [0, 0.1) is 0 Å². The van der Waals surface area contributed by atoms with Crippen molar-refractivity contribution in [1.82, 2.24) is 0 Å². The molecule has 1 unspecified atom stereocenters. The van der Waals surface area contributed by atoms with Gasteiger partial charge in [-0.1, -0.05) is 21.5 Å². The van der Waals surface area contributed by atoms with Crippen LogP contribution >= 0.6 is 15.9 Å². The molecule has 0 saturated carbocycles. The van der Waals surface area contributed by atoms with Crippen molar-refractivity contribution in [3.8, 4) is 0 Å². The highest BCUT2D eigenvalue weighted by Crippen LogP contribution is 2.43. The number of benzene rings is 1. The number of carbonyl (C=O) groups excluding carboxylic acids is 1. The van der Waals surface area contributed by atoms with E-state index in [0.29, 0.717) is 16.8 Å². The van der Waals surface area contributed by atoms with Crippen molar-refractivity contribution in [3.63, 3.8) is 0 Å². The van der Waals surface area contributed by atoms with E-state index in [1.807, 2.05) is 0 Å². The van der Waals surface area contributed by atoms with Gasteiger partial charge in [0.05, 0.1) is 0 Å². The summed E-state index contributed by atoms with van der Waals surface area (Å²) in [6, 6.07) is 5.13. The molecule has 0 saturated heterocycles. The minimum atomic E-state index is -1.56. The van der Waals surface area contributed by atoms with E-state index in [2.05, 4.69) is 27.8 Å². The topological polar surface area (TPSA) is 66.4 Å². The molecule has 1 heterocycles. The highest BCUT2D eigenvalue weighted by Gasteiger charge is 2.53. The van der Waals surface area contributed by atoms with E-state index in [0.717, 1.165) is 4.47 Å². The standard InChI is InChI=1S/C13H12BrNO3/c1-7(2)6-13(12(17)18)9-5-8(14)3-4-10(9)15-11(13)16/h3-5H,1,6H2,2H3,(H,15,16)(H,17,18). The predicted octanol–water partition coefficient (Wildman–Crippen LogP) is 2.69. The number of hydrogen-bond donors (Lipinski definition) is 2. The molecule has 0 radical (unpaired) electrons. The minimum Gasteiger partial charge on any atom is -0.480 e. The van der Waals surface area contributed by atoms with Crippen LogP contribution in [0.5, 0.6) is 0 Å². The summed E-state index contributed by atoms with van der Waals surface area (Å²) in [5.41, 5.74) is 0.120. The molecule has 2 N–H and O–H groups in total. The van der Waals surface area contributed by atoms with Crippen LogP contribution < -0.4 is 5.32 Å². The summed E-state index contributed by atoms with van der Waals surface area (Å²) in [7, 11) is 0. The molecule has 1 aliphatic heterocycles. The van der Waals surface area contributed by atoms with E-state index in [9.17, 15) is 14.7 Å². The Balaban J connectivity index is 2.67. The van der Waals surface area contributed by atoms with Gasteiger partial charge in [0, 0.05) is 15.7 Å². The number of carboxylic acid groups (broad SMARTS) is 1. The summed E-state index contributed by atoms with van der Waals surface area (Å²) >= 11 is 3.30. The molecule has 1 aliphatic rings. The van der Waals surface area contributed by atoms with Crippen LogP contribution in [0.4, 0.5) is 5.69 Å². The number of rotatable bonds is 3. The molecule has 2 rings (SSSR count). The molecule has 0 aromatic heterocycles. The zero-order valence-electron chi connectivity index (χ0n) is 9.79. The van der Waals surface area contributed by atoms with Crippen molar-refractivity contribution < 1.29 is 14.7 Å². The van der Waals surface area contributed by atoms with Gasteiger partial charge >= 0.3 is 5.97 Å². The quantitative estimate of drug-likeness (QED) is 0.666. The molecule has 5 heteroatoms. The SMILES string of the molecule is C=C(C)CC1(C(=O)O)C(=O)Nc2ccc(Br)cc21. The molecule has 0 spiro atoms. The maximum Gasteiger partial charge on any atom is 0.324 e. The molecule has 0 bridgehead atoms. The first-order chi connectivity index (χ1) is 8.37. The number of hydrogen-bond acceptors (Lipinski definition) is 2. The summed E-state index contributed by atoms with van der Waals surface area (Å²) in [6.07, 6.45) is 0.0949. The molecule has 0 fully saturated rings. The fourth-order valence-corrected chi connectivity index (χ4v) is 2.61. The molecule has 0 aliphatic carbocycles. The van der Waals surface area contributed by atoms with Crippen LogP contribution in [0.1, 0.15) is 18.9 Å². The van der Waals surface area contributed by atoms with E-state index in [1.54, 1.807) is 25.1 Å². The van der Waals surface area contributed by atoms with Gasteiger partial charge in [-0.2, -0.15) is 0 Å². The zero-order valence-corrected chi connectivity index (χ0v) is 11.4. The molecule has 1 amide bonds. The summed E-state index contributed by atoms with van der Waals surface area (Å²) in [5.74, 6) is -1.66. The van der Waals surface area contributed by atoms with Crippen LogP contribution in [0.3, 0.4) is 0 Å². The van der Waals surface area contributed by atoms with Crippen molar-refractivity contribution in [2.45, 2.75) is 18.8 Å². The molecule has 94 valence electrons. The van der Waals surface area contributed by atoms with E-state index >= 15 is 0 Å². The van der Waals surface area contributed by atoms with Gasteiger partial charge in [0.25, 0.3) is 0 Å². The Morgan fingerprint density at radius 2 is 2.22 bits per heavy atom. The van der Waals surface area contributed by atoms with Gasteiger partial charge in [-0.3, -0.25) is 9.59 Å². The lowest BCUT2D eigenvalue weighted by molar-refractivity contribution is -0.147. The predicted molar refractivity (Wildman–Crippen MR) is 71.5 cm³/mol. The van der Waals surface area contributed by atoms with Gasteiger partial charge < -0.3 is 10.4 Å². The lowest BCUT2D eigenvalue weighted by atomic mass is 9.77. The fourth-order valence-electron chi connectivity index (χ4n) is 2.25. The molecule has 1 aromatic carbocycles. The number of nitrogens with one attached hydrogen (secondary N) is 1. The molecule has 4 nitrogen and oxygen atoms in total. The number of fused-ring (bicyclic) bond motifs is 1. The second-order valence-electron chi connectivity index (χ2n) is 4.49. The minimum absolute atomic E-state index is 0.0949. The van der Waals surface area contributed by atoms with Gasteiger partial charge in [-0.25, -0.2) is 0 Å². The Morgan fingerprint density at radius 1 is 1.56 bits per heavy atom. The Labute approximate surface area is 113 Å². The maximum atomic E-state index is 12.1. The van der Waals surface area contributed by atoms with Crippen molar-refractivity contribution >= 4 is 33.5 Å². The third-order valence-corrected chi connectivity index (χ3v) is 3.50. The highest BCUT2D eigenvalue weighted by atomic mass is 79.9. The second kappa shape index (κ2) is 4.24. The lowest BCUT2D eigenvalue weighted by Crippen LogP contribution is -2.42. The summed E-state index contributed by atoms with van der Waals surface area (Å²) in [6.45, 7) is 5.44. The first-order valence-corrected chi connectivity index (χ1v) is 6.16. The maximum absolute atomic E-state index is 12.1. The molecule has 18 heavy (non-hydrogen) atoms. The van der Waals surface area contributed by atoms with Gasteiger partial charge in [-0.15, -0.1) is 6.58 Å². The number of anilines is 1. The summed E-state index contributed by atoms with van der Waals surface area (Å²) < 4.78 is 0.741. The zero-order chi connectivity index (χ0) is 13.5. The van der Waals surface area contributed by atoms with Gasteiger partial charge in [0.1, 0.15) is 0 Å². The van der Waals surface area contributed by atoms with Crippen molar-refractivity contribution in [1.29, 1.82) is 0 Å². The third-order valence-electron chi connectivity index (χ3n) is 3.01. The van der Waals surface area contributed by atoms with E-state index < -0.39 is 17.3 Å². The van der Waals surface area contributed by atoms with Crippen LogP contribution in [-0.2, 0) is 15.0 Å². The number of aliphatic carboxylic acids is 1. The Bertz CT molecular complexity index is 567. The normalized spacial score (nSPS) is 21.3. The second-order valence-corrected chi connectivity index (χ2v) is 5.40. The number of carbonyl (C=O) groups is 2. The largest absolute Gasteiger partial charge is 0.480 e. The fraction of sp³-hybridized carbons (Fsp3) is 0.231. The van der Waals surface area contributed by atoms with Crippen LogP contribution in [-0.4, -0.2) is 17.0 Å². The number of amides is 1. The van der Waals surface area contributed by atoms with Crippen molar-refractivity contribution in [3.05, 3.63) is 40.4 Å². The van der Waals surface area contributed by atoms with E-state index in [1.165, 1.54) is 0 Å². The smallest absolute Gasteiger partial charge is 0.324 e.